The number of H-pyrrole nitrogens is 1. The highest BCUT2D eigenvalue weighted by Crippen LogP contribution is 2.15. The second-order valence-electron chi connectivity index (χ2n) is 6.72. The monoisotopic (exact) mass is 382 g/mol. The average molecular weight is 382 g/mol. The van der Waals surface area contributed by atoms with E-state index in [1.54, 1.807) is 18.6 Å². The Morgan fingerprint density at radius 2 is 1.96 bits per heavy atom. The van der Waals surface area contributed by atoms with Crippen molar-refractivity contribution >= 4 is 16.9 Å². The molecule has 0 radical (unpaired) electrons. The van der Waals surface area contributed by atoms with Gasteiger partial charge < -0.3 is 14.6 Å². The minimum absolute atomic E-state index is 0.378. The SMILES string of the molecule is COc1ccc(CNCCn2c(C)cn3c4c(=O)[nH]c(=O)n(C)c4nc23)cc1. The third kappa shape index (κ3) is 2.99. The Morgan fingerprint density at radius 1 is 1.21 bits per heavy atom. The molecule has 3 heterocycles. The van der Waals surface area contributed by atoms with Crippen LogP contribution in [0.25, 0.3) is 16.9 Å². The van der Waals surface area contributed by atoms with E-state index in [9.17, 15) is 9.59 Å². The van der Waals surface area contributed by atoms with Gasteiger partial charge in [0.25, 0.3) is 5.56 Å². The second-order valence-corrected chi connectivity index (χ2v) is 6.72. The van der Waals surface area contributed by atoms with Crippen LogP contribution in [-0.4, -0.2) is 37.2 Å². The number of fused-ring (bicyclic) bond motifs is 3. The molecule has 1 aromatic carbocycles. The minimum Gasteiger partial charge on any atom is -0.497 e. The number of aryl methyl sites for hydroxylation is 2. The summed E-state index contributed by atoms with van der Waals surface area (Å²) in [4.78, 5) is 30.9. The molecule has 0 bridgehead atoms. The molecule has 0 fully saturated rings. The lowest BCUT2D eigenvalue weighted by molar-refractivity contribution is 0.414. The lowest BCUT2D eigenvalue weighted by Gasteiger charge is -2.08. The lowest BCUT2D eigenvalue weighted by Crippen LogP contribution is -2.28. The van der Waals surface area contributed by atoms with Crippen molar-refractivity contribution in [3.8, 4) is 5.75 Å². The first-order valence-electron chi connectivity index (χ1n) is 9.00. The standard InChI is InChI=1S/C19H22N6O3/c1-12-11-25-15-16(23(2)19(27)22-17(15)26)21-18(25)24(12)9-8-20-10-13-4-6-14(28-3)7-5-13/h4-7,11,20H,8-10H2,1-3H3,(H,22,26,27). The molecule has 0 amide bonds. The van der Waals surface area contributed by atoms with E-state index in [1.807, 2.05) is 42.0 Å². The number of methoxy groups -OCH3 is 1. The van der Waals surface area contributed by atoms with Gasteiger partial charge in [-0.3, -0.25) is 18.7 Å². The summed E-state index contributed by atoms with van der Waals surface area (Å²) in [5.74, 6) is 1.48. The number of nitrogens with one attached hydrogen (secondary N) is 2. The van der Waals surface area contributed by atoms with Crippen molar-refractivity contribution in [2.24, 2.45) is 7.05 Å². The fraction of sp³-hybridized carbons (Fsp3) is 0.316. The van der Waals surface area contributed by atoms with Gasteiger partial charge in [0, 0.05) is 38.6 Å². The Hall–Kier alpha value is -3.33. The molecule has 0 aliphatic rings. The van der Waals surface area contributed by atoms with Crippen LogP contribution in [0, 0.1) is 6.92 Å². The fourth-order valence-corrected chi connectivity index (χ4v) is 3.36. The highest BCUT2D eigenvalue weighted by molar-refractivity contribution is 5.75. The highest BCUT2D eigenvalue weighted by atomic mass is 16.5. The molecule has 3 aromatic heterocycles. The fourth-order valence-electron chi connectivity index (χ4n) is 3.36. The van der Waals surface area contributed by atoms with E-state index in [-0.39, 0.29) is 0 Å². The van der Waals surface area contributed by atoms with Crippen LogP contribution in [-0.2, 0) is 20.1 Å². The molecule has 28 heavy (non-hydrogen) atoms. The van der Waals surface area contributed by atoms with Gasteiger partial charge in [-0.1, -0.05) is 12.1 Å². The number of rotatable bonds is 6. The lowest BCUT2D eigenvalue weighted by atomic mass is 10.2. The Bertz CT molecular complexity index is 1260. The summed E-state index contributed by atoms with van der Waals surface area (Å²) < 4.78 is 10.3. The van der Waals surface area contributed by atoms with Crippen LogP contribution in [0.2, 0.25) is 0 Å². The van der Waals surface area contributed by atoms with E-state index in [0.29, 0.717) is 23.5 Å². The Kier molecular flexibility index (Phi) is 4.52. The first-order chi connectivity index (χ1) is 13.5. The minimum atomic E-state index is -0.470. The van der Waals surface area contributed by atoms with Gasteiger partial charge >= 0.3 is 5.69 Å². The molecule has 0 atom stereocenters. The van der Waals surface area contributed by atoms with Crippen molar-refractivity contribution in [3.63, 3.8) is 0 Å². The molecular formula is C19H22N6O3. The summed E-state index contributed by atoms with van der Waals surface area (Å²) in [6, 6.07) is 7.93. The first kappa shape index (κ1) is 18.1. The third-order valence-electron chi connectivity index (χ3n) is 4.92. The van der Waals surface area contributed by atoms with Crippen LogP contribution < -0.4 is 21.3 Å². The van der Waals surface area contributed by atoms with Gasteiger partial charge in [-0.25, -0.2) is 4.79 Å². The van der Waals surface area contributed by atoms with E-state index in [2.05, 4.69) is 15.3 Å². The maximum Gasteiger partial charge on any atom is 0.329 e. The van der Waals surface area contributed by atoms with Crippen LogP contribution in [0.5, 0.6) is 5.75 Å². The van der Waals surface area contributed by atoms with Crippen LogP contribution >= 0.6 is 0 Å². The maximum absolute atomic E-state index is 12.3. The Morgan fingerprint density at radius 3 is 2.68 bits per heavy atom. The molecule has 4 aromatic rings. The smallest absolute Gasteiger partial charge is 0.329 e. The van der Waals surface area contributed by atoms with Crippen molar-refractivity contribution in [2.45, 2.75) is 20.0 Å². The Labute approximate surface area is 160 Å². The van der Waals surface area contributed by atoms with Gasteiger partial charge in [0.1, 0.15) is 5.75 Å². The van der Waals surface area contributed by atoms with E-state index in [0.717, 1.165) is 24.5 Å². The van der Waals surface area contributed by atoms with Gasteiger partial charge in [-0.15, -0.1) is 0 Å². The molecule has 9 nitrogen and oxygen atoms in total. The number of hydrogen-bond donors (Lipinski definition) is 2. The summed E-state index contributed by atoms with van der Waals surface area (Å²) in [5.41, 5.74) is 2.02. The van der Waals surface area contributed by atoms with Gasteiger partial charge in [0.2, 0.25) is 5.78 Å². The predicted octanol–water partition coefficient (Wildman–Crippen LogP) is 0.783. The number of aromatic nitrogens is 5. The molecule has 0 unspecified atom stereocenters. The molecular weight excluding hydrogens is 360 g/mol. The topological polar surface area (TPSA) is 98.4 Å². The third-order valence-corrected chi connectivity index (χ3v) is 4.92. The van der Waals surface area contributed by atoms with Gasteiger partial charge in [0.15, 0.2) is 11.2 Å². The molecule has 0 saturated carbocycles. The number of hydrogen-bond acceptors (Lipinski definition) is 5. The van der Waals surface area contributed by atoms with Gasteiger partial charge in [-0.05, 0) is 24.6 Å². The summed E-state index contributed by atoms with van der Waals surface area (Å²) in [5, 5.41) is 3.41. The summed E-state index contributed by atoms with van der Waals surface area (Å²) in [6.45, 7) is 4.13. The van der Waals surface area contributed by atoms with E-state index >= 15 is 0 Å². The predicted molar refractivity (Wildman–Crippen MR) is 106 cm³/mol. The number of nitrogens with zero attached hydrogens (tertiary/aromatic N) is 4. The van der Waals surface area contributed by atoms with E-state index < -0.39 is 11.2 Å². The molecule has 0 spiro atoms. The van der Waals surface area contributed by atoms with E-state index in [4.69, 9.17) is 4.74 Å². The van der Waals surface area contributed by atoms with Crippen molar-refractivity contribution in [1.29, 1.82) is 0 Å². The zero-order chi connectivity index (χ0) is 19.8. The average Bonchev–Trinajstić information content (AvgIpc) is 3.19. The first-order valence-corrected chi connectivity index (χ1v) is 9.00. The number of aromatic amines is 1. The zero-order valence-corrected chi connectivity index (χ0v) is 16.0. The van der Waals surface area contributed by atoms with Crippen LogP contribution in [0.3, 0.4) is 0 Å². The molecule has 0 aliphatic heterocycles. The van der Waals surface area contributed by atoms with Gasteiger partial charge in [0.05, 0.1) is 7.11 Å². The van der Waals surface area contributed by atoms with E-state index in [1.165, 1.54) is 10.1 Å². The van der Waals surface area contributed by atoms with Crippen molar-refractivity contribution in [1.82, 2.24) is 28.8 Å². The Balaban J connectivity index is 1.55. The van der Waals surface area contributed by atoms with Gasteiger partial charge in [-0.2, -0.15) is 4.98 Å². The van der Waals surface area contributed by atoms with Crippen LogP contribution in [0.4, 0.5) is 0 Å². The number of benzene rings is 1. The molecule has 2 N–H and O–H groups in total. The molecule has 146 valence electrons. The maximum atomic E-state index is 12.3. The second kappa shape index (κ2) is 7.01. The normalized spacial score (nSPS) is 11.5. The zero-order valence-electron chi connectivity index (χ0n) is 16.0. The number of imidazole rings is 2. The van der Waals surface area contributed by atoms with Crippen molar-refractivity contribution in [2.75, 3.05) is 13.7 Å². The largest absolute Gasteiger partial charge is 0.497 e. The molecule has 4 rings (SSSR count). The molecule has 0 saturated heterocycles. The quantitative estimate of drug-likeness (QED) is 0.480. The summed E-state index contributed by atoms with van der Waals surface area (Å²) in [6.07, 6.45) is 1.87. The summed E-state index contributed by atoms with van der Waals surface area (Å²) >= 11 is 0. The van der Waals surface area contributed by atoms with Crippen LogP contribution in [0.15, 0.2) is 40.1 Å². The number of ether oxygens (including phenoxy) is 1. The van der Waals surface area contributed by atoms with Crippen molar-refractivity contribution in [3.05, 3.63) is 62.6 Å². The van der Waals surface area contributed by atoms with Crippen LogP contribution in [0.1, 0.15) is 11.3 Å². The van der Waals surface area contributed by atoms with Crippen molar-refractivity contribution < 1.29 is 4.74 Å². The molecule has 0 aliphatic carbocycles. The highest BCUT2D eigenvalue weighted by Gasteiger charge is 2.17. The molecule has 9 heteroatoms. The summed E-state index contributed by atoms with van der Waals surface area (Å²) in [7, 11) is 3.25.